The number of carbonyl (C=O) groups excluding carboxylic acids is 2. The van der Waals surface area contributed by atoms with E-state index in [0.717, 1.165) is 32.4 Å². The number of carbonyl (C=O) groups is 2. The number of hydrogen-bond donors (Lipinski definition) is 2. The third kappa shape index (κ3) is 4.00. The minimum atomic E-state index is -0.506. The summed E-state index contributed by atoms with van der Waals surface area (Å²) < 4.78 is 0. The standard InChI is InChI=1S/C12H23N3O2/c1-3-6-10(13)11(16)14-9(2)12(17)15-7-4-5-8-15/h9-10H,3-8,13H2,1-2H3,(H,14,16). The summed E-state index contributed by atoms with van der Waals surface area (Å²) in [5.74, 6) is -0.230. The molecule has 0 saturated carbocycles. The van der Waals surface area contributed by atoms with Gasteiger partial charge in [0.05, 0.1) is 6.04 Å². The number of nitrogens with one attached hydrogen (secondary N) is 1. The lowest BCUT2D eigenvalue weighted by atomic mass is 10.1. The van der Waals surface area contributed by atoms with E-state index in [4.69, 9.17) is 5.73 Å². The molecule has 0 aromatic carbocycles. The predicted octanol–water partition coefficient (Wildman–Crippen LogP) is 0.241. The van der Waals surface area contributed by atoms with Gasteiger partial charge in [-0.1, -0.05) is 13.3 Å². The Morgan fingerprint density at radius 3 is 2.47 bits per heavy atom. The molecule has 0 radical (unpaired) electrons. The zero-order valence-corrected chi connectivity index (χ0v) is 10.7. The van der Waals surface area contributed by atoms with Crippen LogP contribution in [-0.4, -0.2) is 41.9 Å². The van der Waals surface area contributed by atoms with Crippen LogP contribution in [0.3, 0.4) is 0 Å². The fraction of sp³-hybridized carbons (Fsp3) is 0.833. The Morgan fingerprint density at radius 1 is 1.35 bits per heavy atom. The molecule has 5 heteroatoms. The molecular weight excluding hydrogens is 218 g/mol. The normalized spacial score (nSPS) is 18.9. The van der Waals surface area contributed by atoms with Gasteiger partial charge in [-0.15, -0.1) is 0 Å². The lowest BCUT2D eigenvalue weighted by molar-refractivity contribution is -0.135. The van der Waals surface area contributed by atoms with Crippen LogP contribution in [0.15, 0.2) is 0 Å². The summed E-state index contributed by atoms with van der Waals surface area (Å²) in [5, 5.41) is 2.69. The van der Waals surface area contributed by atoms with Gasteiger partial charge in [0.25, 0.3) is 0 Å². The molecule has 1 aliphatic heterocycles. The number of nitrogens with zero attached hydrogens (tertiary/aromatic N) is 1. The molecule has 2 atom stereocenters. The van der Waals surface area contributed by atoms with E-state index >= 15 is 0 Å². The van der Waals surface area contributed by atoms with Gasteiger partial charge in [0.1, 0.15) is 6.04 Å². The fourth-order valence-corrected chi connectivity index (χ4v) is 2.04. The van der Waals surface area contributed by atoms with Gasteiger partial charge in [-0.2, -0.15) is 0 Å². The average molecular weight is 241 g/mol. The highest BCUT2D eigenvalue weighted by Gasteiger charge is 2.25. The Labute approximate surface area is 103 Å². The van der Waals surface area contributed by atoms with E-state index in [9.17, 15) is 9.59 Å². The average Bonchev–Trinajstić information content (AvgIpc) is 2.81. The summed E-state index contributed by atoms with van der Waals surface area (Å²) >= 11 is 0. The first-order chi connectivity index (χ1) is 8.06. The zero-order chi connectivity index (χ0) is 12.8. The molecule has 1 rings (SSSR count). The largest absolute Gasteiger partial charge is 0.343 e. The highest BCUT2D eigenvalue weighted by atomic mass is 16.2. The molecule has 0 aliphatic carbocycles. The maximum Gasteiger partial charge on any atom is 0.244 e. The lowest BCUT2D eigenvalue weighted by Crippen LogP contribution is -2.50. The second kappa shape index (κ2) is 6.59. The molecule has 2 amide bonds. The molecule has 0 spiro atoms. The first-order valence-electron chi connectivity index (χ1n) is 6.41. The molecule has 1 heterocycles. The van der Waals surface area contributed by atoms with Crippen molar-refractivity contribution in [3.8, 4) is 0 Å². The first-order valence-corrected chi connectivity index (χ1v) is 6.41. The topological polar surface area (TPSA) is 75.4 Å². The van der Waals surface area contributed by atoms with Crippen molar-refractivity contribution in [1.82, 2.24) is 10.2 Å². The fourth-order valence-electron chi connectivity index (χ4n) is 2.04. The Kier molecular flexibility index (Phi) is 5.41. The van der Waals surface area contributed by atoms with Crippen molar-refractivity contribution in [2.45, 2.75) is 51.6 Å². The molecule has 0 bridgehead atoms. The Balaban J connectivity index is 2.39. The van der Waals surface area contributed by atoms with Crippen molar-refractivity contribution in [2.75, 3.05) is 13.1 Å². The van der Waals surface area contributed by atoms with Gasteiger partial charge in [0.15, 0.2) is 0 Å². The van der Waals surface area contributed by atoms with Crippen molar-refractivity contribution >= 4 is 11.8 Å². The van der Waals surface area contributed by atoms with E-state index in [1.54, 1.807) is 11.8 Å². The van der Waals surface area contributed by atoms with E-state index < -0.39 is 12.1 Å². The van der Waals surface area contributed by atoms with Crippen LogP contribution < -0.4 is 11.1 Å². The minimum Gasteiger partial charge on any atom is -0.343 e. The summed E-state index contributed by atoms with van der Waals surface area (Å²) in [6.07, 6.45) is 3.63. The van der Waals surface area contributed by atoms with Gasteiger partial charge in [-0.05, 0) is 26.2 Å². The summed E-state index contributed by atoms with van der Waals surface area (Å²) in [6, 6.07) is -0.975. The third-order valence-corrected chi connectivity index (χ3v) is 3.08. The van der Waals surface area contributed by atoms with Gasteiger partial charge in [0, 0.05) is 13.1 Å². The number of amides is 2. The predicted molar refractivity (Wildman–Crippen MR) is 66.3 cm³/mol. The van der Waals surface area contributed by atoms with Gasteiger partial charge in [-0.25, -0.2) is 0 Å². The number of rotatable bonds is 5. The second-order valence-electron chi connectivity index (χ2n) is 4.66. The van der Waals surface area contributed by atoms with Crippen LogP contribution in [0.2, 0.25) is 0 Å². The van der Waals surface area contributed by atoms with Crippen LogP contribution in [0.4, 0.5) is 0 Å². The maximum absolute atomic E-state index is 11.9. The maximum atomic E-state index is 11.9. The first kappa shape index (κ1) is 14.0. The van der Waals surface area contributed by atoms with Crippen LogP contribution in [0, 0.1) is 0 Å². The van der Waals surface area contributed by atoms with Gasteiger partial charge in [0.2, 0.25) is 11.8 Å². The van der Waals surface area contributed by atoms with Crippen molar-refractivity contribution in [1.29, 1.82) is 0 Å². The van der Waals surface area contributed by atoms with Crippen molar-refractivity contribution < 1.29 is 9.59 Å². The number of likely N-dealkylation sites (tertiary alicyclic amines) is 1. The molecular formula is C12H23N3O2. The Morgan fingerprint density at radius 2 is 1.94 bits per heavy atom. The molecule has 1 fully saturated rings. The van der Waals surface area contributed by atoms with Crippen molar-refractivity contribution in [3.05, 3.63) is 0 Å². The van der Waals surface area contributed by atoms with E-state index in [2.05, 4.69) is 5.32 Å². The van der Waals surface area contributed by atoms with Gasteiger partial charge in [-0.3, -0.25) is 9.59 Å². The third-order valence-electron chi connectivity index (χ3n) is 3.08. The molecule has 98 valence electrons. The number of nitrogens with two attached hydrogens (primary N) is 1. The van der Waals surface area contributed by atoms with Gasteiger partial charge >= 0.3 is 0 Å². The van der Waals surface area contributed by atoms with Gasteiger partial charge < -0.3 is 16.0 Å². The zero-order valence-electron chi connectivity index (χ0n) is 10.7. The summed E-state index contributed by atoms with van der Waals surface area (Å²) in [5.41, 5.74) is 5.69. The van der Waals surface area contributed by atoms with E-state index in [-0.39, 0.29) is 11.8 Å². The monoisotopic (exact) mass is 241 g/mol. The van der Waals surface area contributed by atoms with Crippen LogP contribution >= 0.6 is 0 Å². The van der Waals surface area contributed by atoms with E-state index in [0.29, 0.717) is 6.42 Å². The quantitative estimate of drug-likeness (QED) is 0.724. The smallest absolute Gasteiger partial charge is 0.244 e. The molecule has 2 unspecified atom stereocenters. The molecule has 5 nitrogen and oxygen atoms in total. The molecule has 17 heavy (non-hydrogen) atoms. The van der Waals surface area contributed by atoms with Crippen LogP contribution in [-0.2, 0) is 9.59 Å². The SMILES string of the molecule is CCCC(N)C(=O)NC(C)C(=O)N1CCCC1. The highest BCUT2D eigenvalue weighted by Crippen LogP contribution is 2.09. The molecule has 1 saturated heterocycles. The molecule has 0 aromatic heterocycles. The lowest BCUT2D eigenvalue weighted by Gasteiger charge is -2.22. The summed E-state index contributed by atoms with van der Waals surface area (Å²) in [7, 11) is 0. The van der Waals surface area contributed by atoms with E-state index in [1.807, 2.05) is 6.92 Å². The van der Waals surface area contributed by atoms with Crippen LogP contribution in [0.1, 0.15) is 39.5 Å². The number of hydrogen-bond acceptors (Lipinski definition) is 3. The Hall–Kier alpha value is -1.10. The summed E-state index contributed by atoms with van der Waals surface area (Å²) in [6.45, 7) is 5.31. The van der Waals surface area contributed by atoms with Crippen LogP contribution in [0.5, 0.6) is 0 Å². The molecule has 3 N–H and O–H groups in total. The van der Waals surface area contributed by atoms with Crippen molar-refractivity contribution in [3.63, 3.8) is 0 Å². The summed E-state index contributed by atoms with van der Waals surface area (Å²) in [4.78, 5) is 25.4. The highest BCUT2D eigenvalue weighted by molar-refractivity contribution is 5.89. The molecule has 0 aromatic rings. The second-order valence-corrected chi connectivity index (χ2v) is 4.66. The van der Waals surface area contributed by atoms with Crippen molar-refractivity contribution in [2.24, 2.45) is 5.73 Å². The van der Waals surface area contributed by atoms with E-state index in [1.165, 1.54) is 0 Å². The Bertz CT molecular complexity index is 275. The minimum absolute atomic E-state index is 0.000418. The molecule has 1 aliphatic rings. The van der Waals surface area contributed by atoms with Crippen LogP contribution in [0.25, 0.3) is 0 Å².